The Hall–Kier alpha value is -3.16. The maximum absolute atomic E-state index is 10.9. The van der Waals surface area contributed by atoms with E-state index in [1.165, 1.54) is 42.5 Å². The molecule has 2 aromatic rings. The maximum atomic E-state index is 10.9. The molecule has 0 unspecified atom stereocenters. The molecule has 0 fully saturated rings. The van der Waals surface area contributed by atoms with E-state index in [9.17, 15) is 20.2 Å². The van der Waals surface area contributed by atoms with E-state index in [2.05, 4.69) is 0 Å². The van der Waals surface area contributed by atoms with Crippen LogP contribution >= 0.6 is 0 Å². The molecule has 8 heteroatoms. The molecule has 0 aromatic heterocycles. The molecule has 0 saturated carbocycles. The zero-order valence-corrected chi connectivity index (χ0v) is 10.1. The molecule has 0 aliphatic carbocycles. The average molecular weight is 275 g/mol. The predicted molar refractivity (Wildman–Crippen MR) is 70.7 cm³/mol. The van der Waals surface area contributed by atoms with Crippen LogP contribution in [0, 0.1) is 20.2 Å². The number of hydrogen-bond acceptors (Lipinski definition) is 6. The predicted octanol–water partition coefficient (Wildman–Crippen LogP) is 2.88. The molecule has 0 radical (unpaired) electrons. The van der Waals surface area contributed by atoms with Gasteiger partial charge in [-0.15, -0.1) is 0 Å². The molecule has 0 amide bonds. The van der Waals surface area contributed by atoms with E-state index in [1.807, 2.05) is 0 Å². The Kier molecular flexibility index (Phi) is 3.47. The lowest BCUT2D eigenvalue weighted by molar-refractivity contribution is -0.385. The first-order valence-electron chi connectivity index (χ1n) is 5.43. The van der Waals surface area contributed by atoms with Crippen molar-refractivity contribution in [3.05, 3.63) is 62.7 Å². The summed E-state index contributed by atoms with van der Waals surface area (Å²) in [5, 5.41) is 21.4. The van der Waals surface area contributed by atoms with Crippen LogP contribution in [0.25, 0.3) is 0 Å². The standard InChI is InChI=1S/C12H9N3O5/c13-8-1-6-12(11(7-8)15(18)19)20-10-4-2-9(3-5-10)14(16)17/h1-7H,13H2. The molecule has 102 valence electrons. The van der Waals surface area contributed by atoms with Crippen molar-refractivity contribution in [2.45, 2.75) is 0 Å². The lowest BCUT2D eigenvalue weighted by Crippen LogP contribution is -1.95. The Morgan fingerprint density at radius 2 is 1.60 bits per heavy atom. The van der Waals surface area contributed by atoms with Gasteiger partial charge in [0.25, 0.3) is 5.69 Å². The van der Waals surface area contributed by atoms with Gasteiger partial charge in [0.05, 0.1) is 9.85 Å². The number of anilines is 1. The lowest BCUT2D eigenvalue weighted by atomic mass is 10.2. The van der Waals surface area contributed by atoms with Crippen molar-refractivity contribution in [1.82, 2.24) is 0 Å². The van der Waals surface area contributed by atoms with Crippen LogP contribution in [0.3, 0.4) is 0 Å². The minimum atomic E-state index is -0.614. The minimum absolute atomic E-state index is 0.0121. The van der Waals surface area contributed by atoms with Crippen molar-refractivity contribution in [3.63, 3.8) is 0 Å². The third-order valence-electron chi connectivity index (χ3n) is 2.46. The smallest absolute Gasteiger partial charge is 0.313 e. The molecule has 2 N–H and O–H groups in total. The van der Waals surface area contributed by atoms with E-state index in [-0.39, 0.29) is 28.6 Å². The molecular weight excluding hydrogens is 266 g/mol. The van der Waals surface area contributed by atoms with E-state index in [4.69, 9.17) is 10.5 Å². The Bertz CT molecular complexity index is 669. The highest BCUT2D eigenvalue weighted by molar-refractivity contribution is 5.57. The van der Waals surface area contributed by atoms with E-state index in [1.54, 1.807) is 0 Å². The van der Waals surface area contributed by atoms with Gasteiger partial charge in [-0.05, 0) is 24.3 Å². The molecule has 0 saturated heterocycles. The van der Waals surface area contributed by atoms with Crippen LogP contribution in [-0.4, -0.2) is 9.85 Å². The first kappa shape index (κ1) is 13.3. The highest BCUT2D eigenvalue weighted by Crippen LogP contribution is 2.33. The zero-order chi connectivity index (χ0) is 14.7. The van der Waals surface area contributed by atoms with Crippen LogP contribution in [0.1, 0.15) is 0 Å². The number of rotatable bonds is 4. The summed E-state index contributed by atoms with van der Waals surface area (Å²) >= 11 is 0. The highest BCUT2D eigenvalue weighted by Gasteiger charge is 2.16. The van der Waals surface area contributed by atoms with E-state index in [0.29, 0.717) is 0 Å². The molecule has 0 aliphatic heterocycles. The number of nitrogens with two attached hydrogens (primary N) is 1. The number of non-ortho nitro benzene ring substituents is 1. The van der Waals surface area contributed by atoms with Crippen LogP contribution in [0.2, 0.25) is 0 Å². The average Bonchev–Trinajstić information content (AvgIpc) is 2.41. The summed E-state index contributed by atoms with van der Waals surface area (Å²) in [5.41, 5.74) is 5.35. The molecule has 0 aliphatic rings. The summed E-state index contributed by atoms with van der Waals surface area (Å²) in [4.78, 5) is 20.2. The summed E-state index contributed by atoms with van der Waals surface area (Å²) in [6, 6.07) is 9.23. The monoisotopic (exact) mass is 275 g/mol. The molecular formula is C12H9N3O5. The van der Waals surface area contributed by atoms with Crippen molar-refractivity contribution < 1.29 is 14.6 Å². The van der Waals surface area contributed by atoms with Gasteiger partial charge in [-0.2, -0.15) is 0 Å². The van der Waals surface area contributed by atoms with Gasteiger partial charge in [-0.1, -0.05) is 0 Å². The molecule has 8 nitrogen and oxygen atoms in total. The van der Waals surface area contributed by atoms with Crippen LogP contribution < -0.4 is 10.5 Å². The van der Waals surface area contributed by atoms with Crippen LogP contribution in [0.5, 0.6) is 11.5 Å². The van der Waals surface area contributed by atoms with E-state index in [0.717, 1.165) is 0 Å². The largest absolute Gasteiger partial charge is 0.450 e. The van der Waals surface area contributed by atoms with Gasteiger partial charge in [-0.25, -0.2) is 0 Å². The Morgan fingerprint density at radius 3 is 2.15 bits per heavy atom. The van der Waals surface area contributed by atoms with Gasteiger partial charge in [0, 0.05) is 23.9 Å². The second-order valence-electron chi connectivity index (χ2n) is 3.84. The maximum Gasteiger partial charge on any atom is 0.313 e. The number of nitro benzene ring substituents is 2. The molecule has 0 heterocycles. The SMILES string of the molecule is Nc1ccc(Oc2ccc([N+](=O)[O-])cc2)c([N+](=O)[O-])c1. The molecule has 0 bridgehead atoms. The van der Waals surface area contributed by atoms with E-state index >= 15 is 0 Å². The van der Waals surface area contributed by atoms with Gasteiger partial charge < -0.3 is 10.5 Å². The summed E-state index contributed by atoms with van der Waals surface area (Å²) in [5.74, 6) is 0.265. The summed E-state index contributed by atoms with van der Waals surface area (Å²) in [6.45, 7) is 0. The fraction of sp³-hybridized carbons (Fsp3) is 0. The van der Waals surface area contributed by atoms with E-state index < -0.39 is 9.85 Å². The molecule has 2 aromatic carbocycles. The molecule has 0 atom stereocenters. The van der Waals surface area contributed by atoms with Crippen molar-refractivity contribution in [2.24, 2.45) is 0 Å². The minimum Gasteiger partial charge on any atom is -0.450 e. The van der Waals surface area contributed by atoms with Crippen LogP contribution in [-0.2, 0) is 0 Å². The fourth-order valence-electron chi connectivity index (χ4n) is 1.53. The number of benzene rings is 2. The normalized spacial score (nSPS) is 10.0. The number of nitrogen functional groups attached to an aromatic ring is 1. The second kappa shape index (κ2) is 5.22. The Labute approximate surface area is 112 Å². The number of hydrogen-bond donors (Lipinski definition) is 1. The lowest BCUT2D eigenvalue weighted by Gasteiger charge is -2.06. The first-order chi connectivity index (χ1) is 9.47. The van der Waals surface area contributed by atoms with Crippen molar-refractivity contribution in [3.8, 4) is 11.5 Å². The molecule has 0 spiro atoms. The van der Waals surface area contributed by atoms with Gasteiger partial charge in [0.2, 0.25) is 5.75 Å². The van der Waals surface area contributed by atoms with Gasteiger partial charge in [0.1, 0.15) is 5.75 Å². The second-order valence-corrected chi connectivity index (χ2v) is 3.84. The van der Waals surface area contributed by atoms with Gasteiger partial charge >= 0.3 is 5.69 Å². The number of ether oxygens (including phenoxy) is 1. The summed E-state index contributed by atoms with van der Waals surface area (Å²) in [6.07, 6.45) is 0. The third kappa shape index (κ3) is 2.80. The zero-order valence-electron chi connectivity index (χ0n) is 10.1. The van der Waals surface area contributed by atoms with Gasteiger partial charge in [-0.3, -0.25) is 20.2 Å². The van der Waals surface area contributed by atoms with Crippen LogP contribution in [0.4, 0.5) is 17.1 Å². The van der Waals surface area contributed by atoms with Crippen molar-refractivity contribution in [1.29, 1.82) is 0 Å². The summed E-state index contributed by atoms with van der Waals surface area (Å²) in [7, 11) is 0. The van der Waals surface area contributed by atoms with Gasteiger partial charge in [0.15, 0.2) is 0 Å². The Morgan fingerprint density at radius 1 is 0.950 bits per heavy atom. The Balaban J connectivity index is 2.30. The molecule has 2 rings (SSSR count). The van der Waals surface area contributed by atoms with Crippen molar-refractivity contribution in [2.75, 3.05) is 5.73 Å². The topological polar surface area (TPSA) is 122 Å². The quantitative estimate of drug-likeness (QED) is 0.520. The summed E-state index contributed by atoms with van der Waals surface area (Å²) < 4.78 is 5.34. The fourth-order valence-corrected chi connectivity index (χ4v) is 1.53. The highest BCUT2D eigenvalue weighted by atomic mass is 16.6. The molecule has 20 heavy (non-hydrogen) atoms. The number of nitro groups is 2. The first-order valence-corrected chi connectivity index (χ1v) is 5.43. The van der Waals surface area contributed by atoms with Crippen molar-refractivity contribution >= 4 is 17.1 Å². The van der Waals surface area contributed by atoms with Crippen LogP contribution in [0.15, 0.2) is 42.5 Å². The number of nitrogens with zero attached hydrogens (tertiary/aromatic N) is 2. The third-order valence-corrected chi connectivity index (χ3v) is 2.46.